The Labute approximate surface area is 76.0 Å². The van der Waals surface area contributed by atoms with Crippen LogP contribution in [0.2, 0.25) is 5.15 Å². The van der Waals surface area contributed by atoms with Gasteiger partial charge >= 0.3 is 0 Å². The summed E-state index contributed by atoms with van der Waals surface area (Å²) >= 11 is 5.65. The smallest absolute Gasteiger partial charge is 0.236 e. The van der Waals surface area contributed by atoms with Gasteiger partial charge in [-0.1, -0.05) is 17.7 Å². The van der Waals surface area contributed by atoms with Gasteiger partial charge in [0, 0.05) is 5.56 Å². The fourth-order valence-electron chi connectivity index (χ4n) is 0.865. The molecule has 0 unspecified atom stereocenters. The van der Waals surface area contributed by atoms with E-state index in [-0.39, 0.29) is 0 Å². The Kier molecular flexibility index (Phi) is 3.05. The number of aromatic nitrogens is 2. The second-order valence-corrected chi connectivity index (χ2v) is 2.58. The van der Waals surface area contributed by atoms with Gasteiger partial charge < -0.3 is 4.74 Å². The SMILES string of the molecule is C=CCc1cc(Cl)nnc1OC. The number of methoxy groups -OCH3 is 1. The van der Waals surface area contributed by atoms with E-state index in [4.69, 9.17) is 16.3 Å². The molecule has 1 heterocycles. The van der Waals surface area contributed by atoms with Gasteiger partial charge in [-0.25, -0.2) is 0 Å². The van der Waals surface area contributed by atoms with E-state index in [0.29, 0.717) is 17.5 Å². The van der Waals surface area contributed by atoms with Crippen molar-refractivity contribution in [2.45, 2.75) is 6.42 Å². The second kappa shape index (κ2) is 4.07. The molecule has 0 atom stereocenters. The number of rotatable bonds is 3. The number of hydrogen-bond donors (Lipinski definition) is 0. The van der Waals surface area contributed by atoms with Gasteiger partial charge in [0.1, 0.15) is 0 Å². The molecular weight excluding hydrogens is 176 g/mol. The molecule has 0 spiro atoms. The molecule has 0 aliphatic carbocycles. The normalized spacial score (nSPS) is 9.50. The summed E-state index contributed by atoms with van der Waals surface area (Å²) < 4.78 is 4.97. The quantitative estimate of drug-likeness (QED) is 0.673. The maximum atomic E-state index is 5.65. The first-order valence-corrected chi connectivity index (χ1v) is 3.82. The van der Waals surface area contributed by atoms with E-state index < -0.39 is 0 Å². The summed E-state index contributed by atoms with van der Waals surface area (Å²) in [6, 6.07) is 1.72. The van der Waals surface area contributed by atoms with Crippen LogP contribution in [0.15, 0.2) is 18.7 Å². The molecule has 0 bridgehead atoms. The number of allylic oxidation sites excluding steroid dienone is 1. The molecule has 1 aromatic heterocycles. The molecule has 12 heavy (non-hydrogen) atoms. The molecule has 0 aliphatic rings. The van der Waals surface area contributed by atoms with Crippen LogP contribution in [-0.4, -0.2) is 17.3 Å². The number of nitrogens with zero attached hydrogens (tertiary/aromatic N) is 2. The molecule has 0 saturated carbocycles. The van der Waals surface area contributed by atoms with Gasteiger partial charge in [-0.2, -0.15) is 0 Å². The fraction of sp³-hybridized carbons (Fsp3) is 0.250. The average Bonchev–Trinajstić information content (AvgIpc) is 2.05. The minimum atomic E-state index is 0.368. The van der Waals surface area contributed by atoms with Crippen LogP contribution < -0.4 is 4.74 Å². The van der Waals surface area contributed by atoms with E-state index in [1.807, 2.05) is 0 Å². The van der Waals surface area contributed by atoms with Crippen molar-refractivity contribution in [1.29, 1.82) is 0 Å². The number of hydrogen-bond acceptors (Lipinski definition) is 3. The molecule has 0 aliphatic heterocycles. The van der Waals surface area contributed by atoms with Crippen molar-refractivity contribution in [2.75, 3.05) is 7.11 Å². The third kappa shape index (κ3) is 1.95. The lowest BCUT2D eigenvalue weighted by atomic mass is 10.2. The molecule has 64 valence electrons. The van der Waals surface area contributed by atoms with Crippen molar-refractivity contribution < 1.29 is 4.74 Å². The van der Waals surface area contributed by atoms with E-state index >= 15 is 0 Å². The van der Waals surface area contributed by atoms with Gasteiger partial charge in [0.25, 0.3) is 0 Å². The predicted molar refractivity (Wildman–Crippen MR) is 47.5 cm³/mol. The average molecular weight is 185 g/mol. The summed E-state index contributed by atoms with van der Waals surface area (Å²) in [4.78, 5) is 0. The van der Waals surface area contributed by atoms with Crippen LogP contribution in [0.1, 0.15) is 5.56 Å². The largest absolute Gasteiger partial charge is 0.480 e. The molecule has 0 aromatic carbocycles. The third-order valence-electron chi connectivity index (χ3n) is 1.36. The lowest BCUT2D eigenvalue weighted by molar-refractivity contribution is 0.387. The predicted octanol–water partition coefficient (Wildman–Crippen LogP) is 1.87. The molecule has 1 aromatic rings. The van der Waals surface area contributed by atoms with Crippen LogP contribution in [-0.2, 0) is 6.42 Å². The molecule has 0 fully saturated rings. The van der Waals surface area contributed by atoms with Crippen molar-refractivity contribution >= 4 is 11.6 Å². The first-order valence-electron chi connectivity index (χ1n) is 3.45. The van der Waals surface area contributed by atoms with Gasteiger partial charge in [0.15, 0.2) is 5.15 Å². The van der Waals surface area contributed by atoms with Crippen LogP contribution in [0.5, 0.6) is 5.88 Å². The van der Waals surface area contributed by atoms with Gasteiger partial charge in [-0.15, -0.1) is 16.8 Å². The van der Waals surface area contributed by atoms with Crippen LogP contribution in [0, 0.1) is 0 Å². The van der Waals surface area contributed by atoms with E-state index in [2.05, 4.69) is 16.8 Å². The molecule has 0 amide bonds. The summed E-state index contributed by atoms with van der Waals surface area (Å²) in [5.74, 6) is 0.499. The van der Waals surface area contributed by atoms with Gasteiger partial charge in [0.2, 0.25) is 5.88 Å². The molecule has 0 radical (unpaired) electrons. The third-order valence-corrected chi connectivity index (χ3v) is 1.55. The van der Waals surface area contributed by atoms with Crippen molar-refractivity contribution in [3.63, 3.8) is 0 Å². The summed E-state index contributed by atoms with van der Waals surface area (Å²) in [5, 5.41) is 7.78. The van der Waals surface area contributed by atoms with Crippen molar-refractivity contribution in [3.8, 4) is 5.88 Å². The molecule has 0 saturated heterocycles. The highest BCUT2D eigenvalue weighted by atomic mass is 35.5. The topological polar surface area (TPSA) is 35.0 Å². The summed E-state index contributed by atoms with van der Waals surface area (Å²) in [5.41, 5.74) is 0.896. The highest BCUT2D eigenvalue weighted by molar-refractivity contribution is 6.29. The highest BCUT2D eigenvalue weighted by Crippen LogP contribution is 2.17. The Bertz CT molecular complexity index is 288. The molecule has 0 N–H and O–H groups in total. The van der Waals surface area contributed by atoms with E-state index in [0.717, 1.165) is 5.56 Å². The lowest BCUT2D eigenvalue weighted by Gasteiger charge is -2.03. The number of ether oxygens (including phenoxy) is 1. The maximum Gasteiger partial charge on any atom is 0.236 e. The Balaban J connectivity index is 3.03. The maximum absolute atomic E-state index is 5.65. The minimum absolute atomic E-state index is 0.368. The molecular formula is C8H9ClN2O. The van der Waals surface area contributed by atoms with E-state index in [9.17, 15) is 0 Å². The van der Waals surface area contributed by atoms with Crippen molar-refractivity contribution in [1.82, 2.24) is 10.2 Å². The summed E-state index contributed by atoms with van der Waals surface area (Å²) in [7, 11) is 1.55. The number of halogens is 1. The van der Waals surface area contributed by atoms with Crippen LogP contribution >= 0.6 is 11.6 Å². The van der Waals surface area contributed by atoms with Crippen molar-refractivity contribution in [2.24, 2.45) is 0 Å². The summed E-state index contributed by atoms with van der Waals surface area (Å²) in [6.45, 7) is 3.61. The van der Waals surface area contributed by atoms with Crippen LogP contribution in [0.4, 0.5) is 0 Å². The molecule has 1 rings (SSSR count). The highest BCUT2D eigenvalue weighted by Gasteiger charge is 2.03. The van der Waals surface area contributed by atoms with Crippen molar-refractivity contribution in [3.05, 3.63) is 29.4 Å². The van der Waals surface area contributed by atoms with E-state index in [1.54, 1.807) is 19.3 Å². The zero-order valence-corrected chi connectivity index (χ0v) is 7.51. The van der Waals surface area contributed by atoms with Gasteiger partial charge in [-0.05, 0) is 12.5 Å². The Hall–Kier alpha value is -1.09. The fourth-order valence-corrected chi connectivity index (χ4v) is 1.03. The first-order chi connectivity index (χ1) is 5.77. The zero-order valence-electron chi connectivity index (χ0n) is 6.75. The zero-order chi connectivity index (χ0) is 8.97. The first kappa shape index (κ1) is 9.00. The van der Waals surface area contributed by atoms with Gasteiger partial charge in [-0.3, -0.25) is 0 Å². The Morgan fingerprint density at radius 3 is 3.00 bits per heavy atom. The standard InChI is InChI=1S/C8H9ClN2O/c1-3-4-6-5-7(9)10-11-8(6)12-2/h3,5H,1,4H2,2H3. The summed E-state index contributed by atoms with van der Waals surface area (Å²) in [6.07, 6.45) is 2.44. The Morgan fingerprint density at radius 1 is 1.67 bits per heavy atom. The van der Waals surface area contributed by atoms with E-state index in [1.165, 1.54) is 0 Å². The van der Waals surface area contributed by atoms with Crippen LogP contribution in [0.25, 0.3) is 0 Å². The Morgan fingerprint density at radius 2 is 2.42 bits per heavy atom. The second-order valence-electron chi connectivity index (χ2n) is 2.19. The molecule has 4 heteroatoms. The van der Waals surface area contributed by atoms with Crippen LogP contribution in [0.3, 0.4) is 0 Å². The molecule has 3 nitrogen and oxygen atoms in total. The monoisotopic (exact) mass is 184 g/mol. The lowest BCUT2D eigenvalue weighted by Crippen LogP contribution is -1.96. The minimum Gasteiger partial charge on any atom is -0.480 e. The van der Waals surface area contributed by atoms with Gasteiger partial charge in [0.05, 0.1) is 7.11 Å².